The number of rotatable bonds is 7. The molecular weight excluding hydrogens is 244 g/mol. The van der Waals surface area contributed by atoms with E-state index in [1.807, 2.05) is 12.4 Å². The van der Waals surface area contributed by atoms with Gasteiger partial charge in [-0.05, 0) is 55.2 Å². The third-order valence-electron chi connectivity index (χ3n) is 4.77. The van der Waals surface area contributed by atoms with Gasteiger partial charge >= 0.3 is 0 Å². The van der Waals surface area contributed by atoms with Crippen molar-refractivity contribution in [1.82, 2.24) is 10.3 Å². The van der Waals surface area contributed by atoms with Crippen LogP contribution < -0.4 is 5.32 Å². The molecule has 112 valence electrons. The van der Waals surface area contributed by atoms with Gasteiger partial charge in [-0.3, -0.25) is 4.98 Å². The first-order valence-corrected chi connectivity index (χ1v) is 8.28. The predicted octanol–water partition coefficient (Wildman–Crippen LogP) is 4.21. The normalized spacial score (nSPS) is 19.4. The van der Waals surface area contributed by atoms with E-state index in [2.05, 4.69) is 43.2 Å². The SMILES string of the molecule is CCNC(Cc1cccnc1)C1(CC(C)C)CCCC1. The molecule has 1 fully saturated rings. The zero-order valence-electron chi connectivity index (χ0n) is 13.4. The van der Waals surface area contributed by atoms with Gasteiger partial charge in [0.05, 0.1) is 0 Å². The summed E-state index contributed by atoms with van der Waals surface area (Å²) in [6.07, 6.45) is 12.0. The van der Waals surface area contributed by atoms with Crippen molar-refractivity contribution in [2.24, 2.45) is 11.3 Å². The molecule has 0 bridgehead atoms. The van der Waals surface area contributed by atoms with E-state index in [-0.39, 0.29) is 0 Å². The summed E-state index contributed by atoms with van der Waals surface area (Å²) in [6, 6.07) is 4.87. The minimum atomic E-state index is 0.500. The van der Waals surface area contributed by atoms with Crippen molar-refractivity contribution >= 4 is 0 Å². The van der Waals surface area contributed by atoms with Gasteiger partial charge in [-0.15, -0.1) is 0 Å². The summed E-state index contributed by atoms with van der Waals surface area (Å²) in [5.41, 5.74) is 1.87. The topological polar surface area (TPSA) is 24.9 Å². The molecule has 1 aliphatic rings. The van der Waals surface area contributed by atoms with E-state index >= 15 is 0 Å². The fourth-order valence-electron chi connectivity index (χ4n) is 4.09. The molecule has 2 nitrogen and oxygen atoms in total. The molecule has 2 rings (SSSR count). The van der Waals surface area contributed by atoms with Crippen molar-refractivity contribution in [3.8, 4) is 0 Å². The second-order valence-electron chi connectivity index (χ2n) is 6.84. The van der Waals surface area contributed by atoms with Gasteiger partial charge in [0.15, 0.2) is 0 Å². The first kappa shape index (κ1) is 15.5. The second kappa shape index (κ2) is 7.21. The van der Waals surface area contributed by atoms with Gasteiger partial charge in [0.1, 0.15) is 0 Å². The number of aromatic nitrogens is 1. The van der Waals surface area contributed by atoms with Crippen LogP contribution in [0.25, 0.3) is 0 Å². The summed E-state index contributed by atoms with van der Waals surface area (Å²) in [4.78, 5) is 4.28. The Morgan fingerprint density at radius 1 is 1.30 bits per heavy atom. The highest BCUT2D eigenvalue weighted by Crippen LogP contribution is 2.46. The van der Waals surface area contributed by atoms with Crippen molar-refractivity contribution in [3.05, 3.63) is 30.1 Å². The minimum absolute atomic E-state index is 0.500. The van der Waals surface area contributed by atoms with E-state index in [0.717, 1.165) is 18.9 Å². The molecule has 1 aromatic rings. The maximum Gasteiger partial charge on any atom is 0.0300 e. The van der Waals surface area contributed by atoms with Gasteiger partial charge in [0, 0.05) is 18.4 Å². The highest BCUT2D eigenvalue weighted by atomic mass is 14.9. The van der Waals surface area contributed by atoms with Crippen LogP contribution in [0.1, 0.15) is 58.4 Å². The van der Waals surface area contributed by atoms with Crippen molar-refractivity contribution in [1.29, 1.82) is 0 Å². The van der Waals surface area contributed by atoms with E-state index in [9.17, 15) is 0 Å². The lowest BCUT2D eigenvalue weighted by atomic mass is 9.71. The van der Waals surface area contributed by atoms with Crippen molar-refractivity contribution in [3.63, 3.8) is 0 Å². The maximum absolute atomic E-state index is 4.28. The smallest absolute Gasteiger partial charge is 0.0300 e. The molecule has 1 aliphatic carbocycles. The highest BCUT2D eigenvalue weighted by molar-refractivity contribution is 5.12. The van der Waals surface area contributed by atoms with Crippen LogP contribution in [0.5, 0.6) is 0 Å². The lowest BCUT2D eigenvalue weighted by Crippen LogP contribution is -2.46. The van der Waals surface area contributed by atoms with E-state index in [1.165, 1.54) is 37.7 Å². The van der Waals surface area contributed by atoms with Gasteiger partial charge in [0.25, 0.3) is 0 Å². The Morgan fingerprint density at radius 3 is 2.60 bits per heavy atom. The lowest BCUT2D eigenvalue weighted by molar-refractivity contribution is 0.155. The summed E-state index contributed by atoms with van der Waals surface area (Å²) < 4.78 is 0. The molecule has 0 aliphatic heterocycles. The van der Waals surface area contributed by atoms with Crippen molar-refractivity contribution in [2.75, 3.05) is 6.54 Å². The monoisotopic (exact) mass is 274 g/mol. The van der Waals surface area contributed by atoms with E-state index in [4.69, 9.17) is 0 Å². The van der Waals surface area contributed by atoms with Crippen LogP contribution >= 0.6 is 0 Å². The zero-order chi connectivity index (χ0) is 14.4. The van der Waals surface area contributed by atoms with Gasteiger partial charge in [-0.2, -0.15) is 0 Å². The van der Waals surface area contributed by atoms with Crippen LogP contribution in [0.15, 0.2) is 24.5 Å². The van der Waals surface area contributed by atoms with Crippen molar-refractivity contribution < 1.29 is 0 Å². The fourth-order valence-corrected chi connectivity index (χ4v) is 4.09. The molecule has 20 heavy (non-hydrogen) atoms. The molecule has 1 aromatic heterocycles. The Kier molecular flexibility index (Phi) is 5.59. The van der Waals surface area contributed by atoms with Crippen LogP contribution in [0.3, 0.4) is 0 Å². The summed E-state index contributed by atoms with van der Waals surface area (Å²) in [5, 5.41) is 3.79. The number of hydrogen-bond donors (Lipinski definition) is 1. The average molecular weight is 274 g/mol. The summed E-state index contributed by atoms with van der Waals surface area (Å²) >= 11 is 0. The molecule has 2 heteroatoms. The third-order valence-corrected chi connectivity index (χ3v) is 4.77. The third kappa shape index (κ3) is 3.82. The van der Waals surface area contributed by atoms with Gasteiger partial charge in [-0.25, -0.2) is 0 Å². The first-order valence-electron chi connectivity index (χ1n) is 8.28. The molecular formula is C18H30N2. The molecule has 0 aromatic carbocycles. The number of hydrogen-bond acceptors (Lipinski definition) is 2. The number of pyridine rings is 1. The van der Waals surface area contributed by atoms with Gasteiger partial charge in [0.2, 0.25) is 0 Å². The largest absolute Gasteiger partial charge is 0.313 e. The zero-order valence-corrected chi connectivity index (χ0v) is 13.4. The van der Waals surface area contributed by atoms with E-state index in [1.54, 1.807) is 0 Å². The van der Waals surface area contributed by atoms with Crippen LogP contribution in [0.2, 0.25) is 0 Å². The molecule has 1 unspecified atom stereocenters. The van der Waals surface area contributed by atoms with E-state index < -0.39 is 0 Å². The van der Waals surface area contributed by atoms with Gasteiger partial charge in [-0.1, -0.05) is 39.7 Å². The summed E-state index contributed by atoms with van der Waals surface area (Å²) in [5.74, 6) is 0.781. The second-order valence-corrected chi connectivity index (χ2v) is 6.84. The molecule has 0 radical (unpaired) electrons. The Morgan fingerprint density at radius 2 is 2.05 bits per heavy atom. The van der Waals surface area contributed by atoms with Crippen molar-refractivity contribution in [2.45, 2.75) is 65.3 Å². The predicted molar refractivity (Wildman–Crippen MR) is 85.8 cm³/mol. The van der Waals surface area contributed by atoms with E-state index in [0.29, 0.717) is 11.5 Å². The molecule has 0 amide bonds. The quantitative estimate of drug-likeness (QED) is 0.805. The number of likely N-dealkylation sites (N-methyl/N-ethyl adjacent to an activating group) is 1. The van der Waals surface area contributed by atoms with Crippen LogP contribution in [-0.4, -0.2) is 17.6 Å². The number of nitrogens with one attached hydrogen (secondary N) is 1. The van der Waals surface area contributed by atoms with Crippen LogP contribution in [0.4, 0.5) is 0 Å². The maximum atomic E-state index is 4.28. The first-order chi connectivity index (χ1) is 9.66. The molecule has 1 N–H and O–H groups in total. The van der Waals surface area contributed by atoms with Crippen LogP contribution in [0, 0.1) is 11.3 Å². The Balaban J connectivity index is 2.16. The van der Waals surface area contributed by atoms with Gasteiger partial charge < -0.3 is 5.32 Å². The average Bonchev–Trinajstić information content (AvgIpc) is 2.88. The summed E-state index contributed by atoms with van der Waals surface area (Å²) in [7, 11) is 0. The molecule has 0 spiro atoms. The molecule has 1 saturated carbocycles. The Labute approximate surface area is 124 Å². The molecule has 0 saturated heterocycles. The Bertz CT molecular complexity index is 380. The lowest BCUT2D eigenvalue weighted by Gasteiger charge is -2.40. The van der Waals surface area contributed by atoms with Crippen LogP contribution in [-0.2, 0) is 6.42 Å². The highest BCUT2D eigenvalue weighted by Gasteiger charge is 2.41. The molecule has 1 atom stereocenters. The number of nitrogens with zero attached hydrogens (tertiary/aromatic N) is 1. The summed E-state index contributed by atoms with van der Waals surface area (Å²) in [6.45, 7) is 8.03. The fraction of sp³-hybridized carbons (Fsp3) is 0.722. The Hall–Kier alpha value is -0.890. The molecule has 1 heterocycles. The minimum Gasteiger partial charge on any atom is -0.313 e. The standard InChI is InChI=1S/C18H30N2/c1-4-20-17(12-16-8-7-11-19-14-16)18(13-15(2)3)9-5-6-10-18/h7-8,11,14-15,17,20H,4-6,9-10,12-13H2,1-3H3.